The zero-order valence-corrected chi connectivity index (χ0v) is 26.3. The SMILES string of the molecule is [Pt+2].[c-]1cccc2c1c1nc(CCc3cn4c5ccc6ccccc6c5c5ccc[c-]c5c4n3)cn1c1ccc3ccccc3c21. The molecule has 0 unspecified atom stereocenters. The van der Waals surface area contributed by atoms with Gasteiger partial charge in [0.1, 0.15) is 0 Å². The van der Waals surface area contributed by atoms with E-state index in [4.69, 9.17) is 9.97 Å². The number of hydrogen-bond donors (Lipinski definition) is 0. The van der Waals surface area contributed by atoms with Crippen LogP contribution < -0.4 is 0 Å². The molecule has 10 rings (SSSR count). The molecule has 0 atom stereocenters. The average Bonchev–Trinajstić information content (AvgIpc) is 3.72. The molecule has 0 aliphatic rings. The summed E-state index contributed by atoms with van der Waals surface area (Å²) in [5, 5.41) is 11.9. The number of rotatable bonds is 3. The van der Waals surface area contributed by atoms with Gasteiger partial charge in [0.2, 0.25) is 0 Å². The number of pyridine rings is 2. The van der Waals surface area contributed by atoms with Gasteiger partial charge in [-0.1, -0.05) is 71.4 Å². The Bertz CT molecular complexity index is 2600. The van der Waals surface area contributed by atoms with E-state index in [0.717, 1.165) is 57.3 Å². The van der Waals surface area contributed by atoms with Crippen LogP contribution in [0.4, 0.5) is 0 Å². The zero-order valence-electron chi connectivity index (χ0n) is 24.1. The first-order valence-electron chi connectivity index (χ1n) is 15.1. The number of imidazole rings is 2. The summed E-state index contributed by atoms with van der Waals surface area (Å²) in [6.45, 7) is 0. The van der Waals surface area contributed by atoms with Gasteiger partial charge in [-0.3, -0.25) is 9.97 Å². The third kappa shape index (κ3) is 3.82. The van der Waals surface area contributed by atoms with Gasteiger partial charge < -0.3 is 8.80 Å². The van der Waals surface area contributed by atoms with Gasteiger partial charge in [-0.15, -0.1) is 59.3 Å². The van der Waals surface area contributed by atoms with E-state index < -0.39 is 0 Å². The van der Waals surface area contributed by atoms with E-state index in [0.29, 0.717) is 0 Å². The second-order valence-corrected chi connectivity index (χ2v) is 11.6. The first kappa shape index (κ1) is 26.4. The molecule has 0 N–H and O–H groups in total. The molecule has 0 saturated carbocycles. The molecule has 0 spiro atoms. The number of benzene rings is 6. The van der Waals surface area contributed by atoms with Crippen LogP contribution in [0.25, 0.3) is 76.2 Å². The Kier molecular flexibility index (Phi) is 5.85. The van der Waals surface area contributed by atoms with E-state index in [9.17, 15) is 0 Å². The van der Waals surface area contributed by atoms with Crippen LogP contribution in [0.15, 0.2) is 122 Å². The van der Waals surface area contributed by atoms with Crippen molar-refractivity contribution >= 4 is 76.2 Å². The molecule has 4 aromatic heterocycles. The molecule has 10 aromatic rings. The molecule has 0 radical (unpaired) electrons. The van der Waals surface area contributed by atoms with Crippen molar-refractivity contribution in [1.82, 2.24) is 18.8 Å². The van der Waals surface area contributed by atoms with Gasteiger partial charge in [-0.2, -0.15) is 0 Å². The Morgan fingerprint density at radius 2 is 0.933 bits per heavy atom. The van der Waals surface area contributed by atoms with Gasteiger partial charge in [-0.25, -0.2) is 0 Å². The summed E-state index contributed by atoms with van der Waals surface area (Å²) >= 11 is 0. The van der Waals surface area contributed by atoms with Gasteiger partial charge in [0.05, 0.1) is 11.3 Å². The van der Waals surface area contributed by atoms with E-state index in [2.05, 4.69) is 130 Å². The number of aromatic nitrogens is 4. The second-order valence-electron chi connectivity index (χ2n) is 11.6. The van der Waals surface area contributed by atoms with Gasteiger partial charge in [0, 0.05) is 34.8 Å². The van der Waals surface area contributed by atoms with Crippen molar-refractivity contribution in [2.45, 2.75) is 12.8 Å². The number of fused-ring (bicyclic) bond motifs is 16. The quantitative estimate of drug-likeness (QED) is 0.133. The average molecular weight is 756 g/mol. The predicted octanol–water partition coefficient (Wildman–Crippen LogP) is 9.28. The smallest absolute Gasteiger partial charge is 0.340 e. The largest absolute Gasteiger partial charge is 2.00 e. The predicted molar refractivity (Wildman–Crippen MR) is 180 cm³/mol. The van der Waals surface area contributed by atoms with Crippen LogP contribution in [-0.2, 0) is 33.9 Å². The van der Waals surface area contributed by atoms with Crippen molar-refractivity contribution in [1.29, 1.82) is 0 Å². The van der Waals surface area contributed by atoms with Crippen molar-refractivity contribution in [3.63, 3.8) is 0 Å². The standard InChI is InChI=1S/C40H24N4.Pt/c1-3-11-29-25(9-1)17-21-35-37(29)31-13-5-7-15-33(31)39-41-27(23-43(35)39)19-20-28-24-44-36-22-18-26-10-2-4-12-30(26)38(36)32-14-6-8-16-34(32)40(44)42-28;/h1-14,17-18,21-24H,19-20H2;/q-2;+2. The minimum absolute atomic E-state index is 0. The maximum Gasteiger partial charge on any atom is 2.00 e. The molecular weight excluding hydrogens is 732 g/mol. The fraction of sp³-hybridized carbons (Fsp3) is 0.0500. The minimum Gasteiger partial charge on any atom is -0.340 e. The van der Waals surface area contributed by atoms with Crippen LogP contribution in [-0.4, -0.2) is 18.8 Å². The van der Waals surface area contributed by atoms with Gasteiger partial charge in [0.25, 0.3) is 0 Å². The molecule has 5 heteroatoms. The van der Waals surface area contributed by atoms with Crippen LogP contribution in [0.2, 0.25) is 0 Å². The summed E-state index contributed by atoms with van der Waals surface area (Å²) in [6, 6.07) is 45.6. The van der Waals surface area contributed by atoms with Crippen molar-refractivity contribution < 1.29 is 21.1 Å². The fourth-order valence-corrected chi connectivity index (χ4v) is 7.22. The van der Waals surface area contributed by atoms with Gasteiger partial charge in [-0.05, 0) is 57.3 Å². The Morgan fingerprint density at radius 1 is 0.489 bits per heavy atom. The molecule has 214 valence electrons. The molecule has 45 heavy (non-hydrogen) atoms. The molecule has 0 saturated heterocycles. The number of nitrogens with zero attached hydrogens (tertiary/aromatic N) is 4. The summed E-state index contributed by atoms with van der Waals surface area (Å²) in [7, 11) is 0. The van der Waals surface area contributed by atoms with Crippen LogP contribution in [0, 0.1) is 12.1 Å². The summed E-state index contributed by atoms with van der Waals surface area (Å²) < 4.78 is 4.50. The maximum absolute atomic E-state index is 5.17. The first-order valence-corrected chi connectivity index (χ1v) is 15.1. The first-order chi connectivity index (χ1) is 21.8. The van der Waals surface area contributed by atoms with E-state index in [1.54, 1.807) is 0 Å². The molecule has 0 aliphatic carbocycles. The topological polar surface area (TPSA) is 34.6 Å². The minimum atomic E-state index is 0. The number of aryl methyl sites for hydroxylation is 2. The summed E-state index contributed by atoms with van der Waals surface area (Å²) in [4.78, 5) is 10.3. The molecule has 6 aromatic carbocycles. The summed E-state index contributed by atoms with van der Waals surface area (Å²) in [5.74, 6) is 0. The zero-order chi connectivity index (χ0) is 28.8. The Balaban J connectivity index is 0.00000281. The van der Waals surface area contributed by atoms with Gasteiger partial charge in [0.15, 0.2) is 0 Å². The van der Waals surface area contributed by atoms with Crippen molar-refractivity contribution in [3.05, 3.63) is 145 Å². The third-order valence-corrected chi connectivity index (χ3v) is 9.18. The van der Waals surface area contributed by atoms with E-state index >= 15 is 0 Å². The molecule has 0 bridgehead atoms. The summed E-state index contributed by atoms with van der Waals surface area (Å²) in [6.07, 6.45) is 5.98. The van der Waals surface area contributed by atoms with E-state index in [1.165, 1.54) is 43.1 Å². The van der Waals surface area contributed by atoms with Gasteiger partial charge >= 0.3 is 21.1 Å². The number of hydrogen-bond acceptors (Lipinski definition) is 2. The Morgan fingerprint density at radius 3 is 1.42 bits per heavy atom. The van der Waals surface area contributed by atoms with E-state index in [-0.39, 0.29) is 21.1 Å². The molecule has 0 fully saturated rings. The normalized spacial score (nSPS) is 12.0. The van der Waals surface area contributed by atoms with Crippen LogP contribution in [0.5, 0.6) is 0 Å². The Hall–Kier alpha value is -5.05. The van der Waals surface area contributed by atoms with Crippen molar-refractivity contribution in [3.8, 4) is 0 Å². The molecular formula is C40H24N4Pt. The van der Waals surface area contributed by atoms with Crippen LogP contribution >= 0.6 is 0 Å². The van der Waals surface area contributed by atoms with Crippen molar-refractivity contribution in [2.75, 3.05) is 0 Å². The molecule has 0 amide bonds. The summed E-state index contributed by atoms with van der Waals surface area (Å²) in [5.41, 5.74) is 6.33. The second kappa shape index (κ2) is 9.99. The van der Waals surface area contributed by atoms with Crippen LogP contribution in [0.3, 0.4) is 0 Å². The molecule has 4 nitrogen and oxygen atoms in total. The molecule has 0 aliphatic heterocycles. The van der Waals surface area contributed by atoms with E-state index in [1.807, 2.05) is 12.1 Å². The van der Waals surface area contributed by atoms with Crippen molar-refractivity contribution in [2.24, 2.45) is 0 Å². The monoisotopic (exact) mass is 755 g/mol. The molecule has 4 heterocycles. The Labute approximate surface area is 272 Å². The fourth-order valence-electron chi connectivity index (χ4n) is 7.22. The maximum atomic E-state index is 5.17. The van der Waals surface area contributed by atoms with Crippen LogP contribution in [0.1, 0.15) is 11.4 Å². The third-order valence-electron chi connectivity index (χ3n) is 9.18.